The maximum Gasteiger partial charge on any atom is 0.127 e. The molecular weight excluding hydrogens is 230 g/mol. The minimum absolute atomic E-state index is 0.193. The molecule has 1 aliphatic heterocycles. The molecule has 1 aromatic rings. The first-order valence-corrected chi connectivity index (χ1v) is 6.27. The molecule has 4 heteroatoms. The van der Waals surface area contributed by atoms with E-state index in [1.54, 1.807) is 14.2 Å². The van der Waals surface area contributed by atoms with Gasteiger partial charge >= 0.3 is 0 Å². The van der Waals surface area contributed by atoms with Gasteiger partial charge in [-0.3, -0.25) is 0 Å². The minimum Gasteiger partial charge on any atom is -0.496 e. The summed E-state index contributed by atoms with van der Waals surface area (Å²) in [6, 6.07) is 6.08. The van der Waals surface area contributed by atoms with Crippen LogP contribution in [0.5, 0.6) is 11.5 Å². The molecule has 0 radical (unpaired) electrons. The van der Waals surface area contributed by atoms with Crippen LogP contribution in [0.15, 0.2) is 18.2 Å². The van der Waals surface area contributed by atoms with E-state index in [1.807, 2.05) is 25.2 Å². The van der Waals surface area contributed by atoms with Gasteiger partial charge < -0.3 is 19.5 Å². The van der Waals surface area contributed by atoms with Crippen LogP contribution in [0.4, 0.5) is 0 Å². The predicted octanol–water partition coefficient (Wildman–Crippen LogP) is 2.00. The van der Waals surface area contributed by atoms with E-state index in [-0.39, 0.29) is 6.04 Å². The lowest BCUT2D eigenvalue weighted by molar-refractivity contribution is 0.177. The van der Waals surface area contributed by atoms with Crippen LogP contribution in [0.25, 0.3) is 0 Å². The molecule has 1 fully saturated rings. The van der Waals surface area contributed by atoms with E-state index in [0.717, 1.165) is 36.7 Å². The van der Waals surface area contributed by atoms with E-state index in [0.29, 0.717) is 5.92 Å². The van der Waals surface area contributed by atoms with Gasteiger partial charge in [0.25, 0.3) is 0 Å². The summed E-state index contributed by atoms with van der Waals surface area (Å²) in [5.74, 6) is 2.18. The Labute approximate surface area is 108 Å². The van der Waals surface area contributed by atoms with E-state index in [4.69, 9.17) is 14.2 Å². The van der Waals surface area contributed by atoms with E-state index in [2.05, 4.69) is 5.32 Å². The van der Waals surface area contributed by atoms with Gasteiger partial charge in [-0.05, 0) is 25.6 Å². The van der Waals surface area contributed by atoms with Crippen molar-refractivity contribution in [3.63, 3.8) is 0 Å². The Balaban J connectivity index is 2.38. The van der Waals surface area contributed by atoms with Gasteiger partial charge in [-0.15, -0.1) is 0 Å². The van der Waals surface area contributed by atoms with Crippen molar-refractivity contribution in [2.75, 3.05) is 34.5 Å². The maximum absolute atomic E-state index is 5.49. The van der Waals surface area contributed by atoms with E-state index < -0.39 is 0 Å². The Morgan fingerprint density at radius 3 is 2.39 bits per heavy atom. The highest BCUT2D eigenvalue weighted by Gasteiger charge is 2.30. The number of hydrogen-bond donors (Lipinski definition) is 1. The number of nitrogens with one attached hydrogen (secondary N) is 1. The molecule has 2 atom stereocenters. The van der Waals surface area contributed by atoms with Crippen molar-refractivity contribution in [1.29, 1.82) is 0 Å². The summed E-state index contributed by atoms with van der Waals surface area (Å²) in [6.45, 7) is 1.62. The maximum atomic E-state index is 5.49. The van der Waals surface area contributed by atoms with Gasteiger partial charge in [0.2, 0.25) is 0 Å². The van der Waals surface area contributed by atoms with Crippen LogP contribution in [0.3, 0.4) is 0 Å². The Kier molecular flexibility index (Phi) is 4.44. The molecule has 0 bridgehead atoms. The summed E-state index contributed by atoms with van der Waals surface area (Å²) in [6.07, 6.45) is 1.06. The average molecular weight is 251 g/mol. The summed E-state index contributed by atoms with van der Waals surface area (Å²) >= 11 is 0. The van der Waals surface area contributed by atoms with Gasteiger partial charge in [0.1, 0.15) is 11.5 Å². The van der Waals surface area contributed by atoms with Crippen LogP contribution in [0, 0.1) is 5.92 Å². The second kappa shape index (κ2) is 6.07. The first-order valence-electron chi connectivity index (χ1n) is 6.27. The summed E-state index contributed by atoms with van der Waals surface area (Å²) in [5, 5.41) is 3.37. The summed E-state index contributed by atoms with van der Waals surface area (Å²) < 4.78 is 16.4. The van der Waals surface area contributed by atoms with Crippen LogP contribution in [0.2, 0.25) is 0 Å². The minimum atomic E-state index is 0.193. The zero-order valence-corrected chi connectivity index (χ0v) is 11.2. The Morgan fingerprint density at radius 2 is 1.94 bits per heavy atom. The zero-order valence-electron chi connectivity index (χ0n) is 11.2. The number of ether oxygens (including phenoxy) is 3. The fourth-order valence-corrected chi connectivity index (χ4v) is 2.62. The molecule has 2 rings (SSSR count). The fourth-order valence-electron chi connectivity index (χ4n) is 2.62. The molecule has 0 aromatic heterocycles. The van der Waals surface area contributed by atoms with E-state index >= 15 is 0 Å². The largest absolute Gasteiger partial charge is 0.496 e. The SMILES string of the molecule is CNC(c1c(OC)cccc1OC)C1CCOC1. The quantitative estimate of drug-likeness (QED) is 0.869. The molecule has 1 N–H and O–H groups in total. The van der Waals surface area contributed by atoms with Crippen LogP contribution in [-0.4, -0.2) is 34.5 Å². The van der Waals surface area contributed by atoms with Gasteiger partial charge in [-0.25, -0.2) is 0 Å². The zero-order chi connectivity index (χ0) is 13.0. The average Bonchev–Trinajstić information content (AvgIpc) is 2.93. The Hall–Kier alpha value is -1.26. The molecule has 1 heterocycles. The van der Waals surface area contributed by atoms with E-state index in [1.165, 1.54) is 0 Å². The van der Waals surface area contributed by atoms with Crippen molar-refractivity contribution in [3.8, 4) is 11.5 Å². The predicted molar refractivity (Wildman–Crippen MR) is 70.3 cm³/mol. The number of hydrogen-bond acceptors (Lipinski definition) is 4. The van der Waals surface area contributed by atoms with Gasteiger partial charge in [0, 0.05) is 18.6 Å². The lowest BCUT2D eigenvalue weighted by atomic mass is 9.91. The monoisotopic (exact) mass is 251 g/mol. The first kappa shape index (κ1) is 13.2. The van der Waals surface area contributed by atoms with Crippen LogP contribution >= 0.6 is 0 Å². The summed E-state index contributed by atoms with van der Waals surface area (Å²) in [5.41, 5.74) is 1.08. The smallest absolute Gasteiger partial charge is 0.127 e. The molecule has 0 aliphatic carbocycles. The van der Waals surface area contributed by atoms with Crippen LogP contribution < -0.4 is 14.8 Å². The first-order chi connectivity index (χ1) is 8.81. The third-order valence-corrected chi connectivity index (χ3v) is 3.52. The Morgan fingerprint density at radius 1 is 1.28 bits per heavy atom. The number of rotatable bonds is 5. The lowest BCUT2D eigenvalue weighted by Crippen LogP contribution is -2.26. The molecule has 0 spiro atoms. The van der Waals surface area contributed by atoms with Crippen molar-refractivity contribution < 1.29 is 14.2 Å². The fraction of sp³-hybridized carbons (Fsp3) is 0.571. The molecule has 0 amide bonds. The topological polar surface area (TPSA) is 39.7 Å². The third-order valence-electron chi connectivity index (χ3n) is 3.52. The second-order valence-corrected chi connectivity index (χ2v) is 4.47. The van der Waals surface area contributed by atoms with Gasteiger partial charge in [0.05, 0.1) is 26.4 Å². The third kappa shape index (κ3) is 2.44. The van der Waals surface area contributed by atoms with Crippen molar-refractivity contribution in [2.45, 2.75) is 12.5 Å². The van der Waals surface area contributed by atoms with Crippen molar-refractivity contribution in [2.24, 2.45) is 5.92 Å². The Bertz CT molecular complexity index is 366. The molecule has 2 unspecified atom stereocenters. The van der Waals surface area contributed by atoms with Crippen molar-refractivity contribution in [1.82, 2.24) is 5.32 Å². The second-order valence-electron chi connectivity index (χ2n) is 4.47. The molecule has 18 heavy (non-hydrogen) atoms. The van der Waals surface area contributed by atoms with Gasteiger partial charge in [0.15, 0.2) is 0 Å². The molecule has 1 aliphatic rings. The van der Waals surface area contributed by atoms with E-state index in [9.17, 15) is 0 Å². The summed E-state index contributed by atoms with van der Waals surface area (Å²) in [4.78, 5) is 0. The van der Waals surface area contributed by atoms with Gasteiger partial charge in [-0.2, -0.15) is 0 Å². The standard InChI is InChI=1S/C14H21NO3/c1-15-14(10-7-8-18-9-10)13-11(16-2)5-4-6-12(13)17-3/h4-6,10,14-15H,7-9H2,1-3H3. The van der Waals surface area contributed by atoms with Crippen molar-refractivity contribution in [3.05, 3.63) is 23.8 Å². The molecular formula is C14H21NO3. The molecule has 100 valence electrons. The number of methoxy groups -OCH3 is 2. The number of benzene rings is 1. The lowest BCUT2D eigenvalue weighted by Gasteiger charge is -2.25. The highest BCUT2D eigenvalue weighted by Crippen LogP contribution is 2.39. The van der Waals surface area contributed by atoms with Crippen LogP contribution in [0.1, 0.15) is 18.0 Å². The van der Waals surface area contributed by atoms with Crippen molar-refractivity contribution >= 4 is 0 Å². The molecule has 4 nitrogen and oxygen atoms in total. The normalized spacial score (nSPS) is 20.7. The highest BCUT2D eigenvalue weighted by atomic mass is 16.5. The molecule has 0 saturated carbocycles. The summed E-state index contributed by atoms with van der Waals surface area (Å²) in [7, 11) is 5.35. The molecule has 1 aromatic carbocycles. The van der Waals surface area contributed by atoms with Gasteiger partial charge in [-0.1, -0.05) is 6.07 Å². The molecule has 1 saturated heterocycles. The highest BCUT2D eigenvalue weighted by molar-refractivity contribution is 5.47. The van der Waals surface area contributed by atoms with Crippen LogP contribution in [-0.2, 0) is 4.74 Å².